The van der Waals surface area contributed by atoms with E-state index in [4.69, 9.17) is 16.0 Å². The summed E-state index contributed by atoms with van der Waals surface area (Å²) in [5.74, 6) is -1.23. The van der Waals surface area contributed by atoms with Gasteiger partial charge in [-0.05, 0) is 56.0 Å². The van der Waals surface area contributed by atoms with Gasteiger partial charge in [-0.15, -0.1) is 0 Å². The molecule has 0 radical (unpaired) electrons. The summed E-state index contributed by atoms with van der Waals surface area (Å²) in [6, 6.07) is 8.03. The number of carbonyl (C=O) groups excluding carboxylic acids is 4. The summed E-state index contributed by atoms with van der Waals surface area (Å²) < 4.78 is 5.85. The number of benzene rings is 1. The molecule has 1 aliphatic carbocycles. The number of carbonyl (C=O) groups is 4. The van der Waals surface area contributed by atoms with Crippen LogP contribution in [0.25, 0.3) is 11.0 Å². The number of fused-ring (bicyclic) bond motifs is 1. The van der Waals surface area contributed by atoms with Crippen molar-refractivity contribution in [3.05, 3.63) is 52.9 Å². The molecule has 4 amide bonds. The first kappa shape index (κ1) is 26.2. The average Bonchev–Trinajstić information content (AvgIpc) is 3.26. The van der Waals surface area contributed by atoms with Crippen LogP contribution in [0.15, 0.2) is 40.9 Å². The standard InChI is InChI=1S/C26H28ClN5O5/c1-31(2)26(36)16-6-10-20-19(12-16)22(23(37-20)25(35)29-21-11-7-17(27)13-28-21)30-24(34)15-4-8-18(9-5-15)32(3)14-33/h6-7,10-15,18H,4-5,8-9H2,1-3H3,(H,30,34)(H,28,29,35). The number of amides is 4. The zero-order chi connectivity index (χ0) is 26.7. The van der Waals surface area contributed by atoms with E-state index in [9.17, 15) is 19.2 Å². The van der Waals surface area contributed by atoms with Crippen molar-refractivity contribution in [2.45, 2.75) is 31.7 Å². The summed E-state index contributed by atoms with van der Waals surface area (Å²) in [6.07, 6.45) is 4.81. The molecule has 4 rings (SSSR count). The third-order valence-corrected chi connectivity index (χ3v) is 6.80. The Labute approximate surface area is 218 Å². The minimum Gasteiger partial charge on any atom is -0.449 e. The maximum atomic E-state index is 13.3. The van der Waals surface area contributed by atoms with Crippen LogP contribution in [0.3, 0.4) is 0 Å². The van der Waals surface area contributed by atoms with Gasteiger partial charge in [0.2, 0.25) is 18.1 Å². The topological polar surface area (TPSA) is 125 Å². The fourth-order valence-corrected chi connectivity index (χ4v) is 4.56. The zero-order valence-corrected chi connectivity index (χ0v) is 21.5. The highest BCUT2D eigenvalue weighted by Gasteiger charge is 2.30. The van der Waals surface area contributed by atoms with Crippen molar-refractivity contribution in [2.24, 2.45) is 5.92 Å². The number of hydrogen-bond acceptors (Lipinski definition) is 6. The lowest BCUT2D eigenvalue weighted by Gasteiger charge is -2.32. The van der Waals surface area contributed by atoms with Crippen LogP contribution >= 0.6 is 11.6 Å². The number of pyridine rings is 1. The quantitative estimate of drug-likeness (QED) is 0.449. The van der Waals surface area contributed by atoms with Crippen LogP contribution in [0.2, 0.25) is 5.02 Å². The van der Waals surface area contributed by atoms with E-state index in [1.165, 1.54) is 11.1 Å². The molecule has 0 bridgehead atoms. The minimum atomic E-state index is -0.613. The van der Waals surface area contributed by atoms with E-state index >= 15 is 0 Å². The number of furan rings is 1. The van der Waals surface area contributed by atoms with Crippen molar-refractivity contribution in [3.63, 3.8) is 0 Å². The number of anilines is 2. The number of nitrogens with zero attached hydrogens (tertiary/aromatic N) is 3. The highest BCUT2D eigenvalue weighted by atomic mass is 35.5. The molecule has 10 nitrogen and oxygen atoms in total. The summed E-state index contributed by atoms with van der Waals surface area (Å²) in [6.45, 7) is 0. The fourth-order valence-electron chi connectivity index (χ4n) is 4.45. The minimum absolute atomic E-state index is 0.101. The smallest absolute Gasteiger partial charge is 0.294 e. The van der Waals surface area contributed by atoms with Crippen molar-refractivity contribution >= 4 is 58.2 Å². The van der Waals surface area contributed by atoms with Crippen molar-refractivity contribution < 1.29 is 23.6 Å². The molecule has 0 aliphatic heterocycles. The molecule has 0 unspecified atom stereocenters. The first-order valence-electron chi connectivity index (χ1n) is 11.9. The fraction of sp³-hybridized carbons (Fsp3) is 0.346. The van der Waals surface area contributed by atoms with E-state index in [-0.39, 0.29) is 41.0 Å². The number of hydrogen-bond donors (Lipinski definition) is 2. The highest BCUT2D eigenvalue weighted by molar-refractivity contribution is 6.30. The van der Waals surface area contributed by atoms with Crippen molar-refractivity contribution in [1.29, 1.82) is 0 Å². The van der Waals surface area contributed by atoms with Gasteiger partial charge in [-0.1, -0.05) is 11.6 Å². The molecule has 2 N–H and O–H groups in total. The monoisotopic (exact) mass is 525 g/mol. The van der Waals surface area contributed by atoms with Crippen LogP contribution < -0.4 is 10.6 Å². The molecule has 1 fully saturated rings. The lowest BCUT2D eigenvalue weighted by Crippen LogP contribution is -2.37. The molecular weight excluding hydrogens is 498 g/mol. The maximum absolute atomic E-state index is 13.3. The normalized spacial score (nSPS) is 17.2. The van der Waals surface area contributed by atoms with Gasteiger partial charge in [0.15, 0.2) is 0 Å². The van der Waals surface area contributed by atoms with Crippen LogP contribution in [0.5, 0.6) is 0 Å². The van der Waals surface area contributed by atoms with Gasteiger partial charge in [0.05, 0.1) is 5.02 Å². The van der Waals surface area contributed by atoms with Gasteiger partial charge in [-0.3, -0.25) is 19.2 Å². The largest absolute Gasteiger partial charge is 0.449 e. The Hall–Kier alpha value is -3.92. The number of aromatic nitrogens is 1. The SMILES string of the molecule is CN(C)C(=O)c1ccc2oc(C(=O)Nc3ccc(Cl)cn3)c(NC(=O)C3CCC(N(C)C=O)CC3)c2c1. The summed E-state index contributed by atoms with van der Waals surface area (Å²) in [4.78, 5) is 57.3. The Kier molecular flexibility index (Phi) is 7.77. The van der Waals surface area contributed by atoms with Crippen molar-refractivity contribution in [1.82, 2.24) is 14.8 Å². The van der Waals surface area contributed by atoms with E-state index in [0.717, 1.165) is 6.41 Å². The molecule has 1 saturated carbocycles. The lowest BCUT2D eigenvalue weighted by atomic mass is 9.85. The Bertz CT molecular complexity index is 1330. The van der Waals surface area contributed by atoms with Crippen molar-refractivity contribution in [2.75, 3.05) is 31.8 Å². The Morgan fingerprint density at radius 1 is 1.05 bits per heavy atom. The molecule has 2 heterocycles. The molecule has 0 spiro atoms. The Morgan fingerprint density at radius 2 is 1.78 bits per heavy atom. The van der Waals surface area contributed by atoms with E-state index in [2.05, 4.69) is 15.6 Å². The molecular formula is C26H28ClN5O5. The third kappa shape index (κ3) is 5.75. The van der Waals surface area contributed by atoms with E-state index in [0.29, 0.717) is 47.2 Å². The number of rotatable bonds is 7. The predicted octanol–water partition coefficient (Wildman–Crippen LogP) is 4.02. The van der Waals surface area contributed by atoms with E-state index in [1.54, 1.807) is 56.4 Å². The lowest BCUT2D eigenvalue weighted by molar-refractivity contribution is -0.122. The van der Waals surface area contributed by atoms with Crippen LogP contribution in [-0.2, 0) is 9.59 Å². The molecule has 1 aromatic carbocycles. The number of halogens is 1. The first-order valence-corrected chi connectivity index (χ1v) is 12.2. The van der Waals surface area contributed by atoms with Gasteiger partial charge in [0.25, 0.3) is 11.8 Å². The molecule has 2 aromatic heterocycles. The van der Waals surface area contributed by atoms with Crippen LogP contribution in [0, 0.1) is 5.92 Å². The van der Waals surface area contributed by atoms with Crippen LogP contribution in [0.1, 0.15) is 46.6 Å². The molecule has 37 heavy (non-hydrogen) atoms. The van der Waals surface area contributed by atoms with Crippen molar-refractivity contribution in [3.8, 4) is 0 Å². The van der Waals surface area contributed by atoms with Gasteiger partial charge >= 0.3 is 0 Å². The second-order valence-corrected chi connectivity index (χ2v) is 9.73. The third-order valence-electron chi connectivity index (χ3n) is 6.57. The predicted molar refractivity (Wildman–Crippen MR) is 140 cm³/mol. The highest BCUT2D eigenvalue weighted by Crippen LogP contribution is 2.35. The molecule has 3 aromatic rings. The molecule has 194 valence electrons. The van der Waals surface area contributed by atoms with Crippen LogP contribution in [-0.4, -0.2) is 66.1 Å². The van der Waals surface area contributed by atoms with Gasteiger partial charge in [0, 0.05) is 50.2 Å². The second kappa shape index (κ2) is 11.0. The summed E-state index contributed by atoms with van der Waals surface area (Å²) in [5, 5.41) is 6.40. The molecule has 11 heteroatoms. The zero-order valence-electron chi connectivity index (χ0n) is 20.8. The maximum Gasteiger partial charge on any atom is 0.294 e. The van der Waals surface area contributed by atoms with Gasteiger partial charge in [-0.25, -0.2) is 4.98 Å². The summed E-state index contributed by atoms with van der Waals surface area (Å²) in [5.41, 5.74) is 0.917. The van der Waals surface area contributed by atoms with Gasteiger partial charge in [0.1, 0.15) is 17.1 Å². The number of nitrogens with one attached hydrogen (secondary N) is 2. The van der Waals surface area contributed by atoms with E-state index < -0.39 is 5.91 Å². The first-order chi connectivity index (χ1) is 17.7. The summed E-state index contributed by atoms with van der Waals surface area (Å²) in [7, 11) is 5.02. The molecule has 0 atom stereocenters. The molecule has 0 saturated heterocycles. The Morgan fingerprint density at radius 3 is 2.41 bits per heavy atom. The summed E-state index contributed by atoms with van der Waals surface area (Å²) >= 11 is 5.88. The van der Waals surface area contributed by atoms with Crippen LogP contribution in [0.4, 0.5) is 11.5 Å². The van der Waals surface area contributed by atoms with Gasteiger partial charge in [-0.2, -0.15) is 0 Å². The van der Waals surface area contributed by atoms with E-state index in [1.807, 2.05) is 0 Å². The Balaban J connectivity index is 1.65. The molecule has 1 aliphatic rings. The van der Waals surface area contributed by atoms with Gasteiger partial charge < -0.3 is 24.9 Å². The average molecular weight is 526 g/mol. The second-order valence-electron chi connectivity index (χ2n) is 9.30.